The van der Waals surface area contributed by atoms with Crippen molar-refractivity contribution in [2.75, 3.05) is 7.05 Å². The number of nitrogens with zero attached hydrogens (tertiary/aromatic N) is 1. The SMILES string of the molecule is CNC(Cc1ccc(F)c(F)c1)c1ncccc1Br. The molecule has 2 aromatic rings. The summed E-state index contributed by atoms with van der Waals surface area (Å²) in [5, 5.41) is 3.13. The molecule has 0 aliphatic rings. The van der Waals surface area contributed by atoms with Crippen molar-refractivity contribution in [3.05, 3.63) is 63.9 Å². The number of aromatic nitrogens is 1. The van der Waals surface area contributed by atoms with Crippen LogP contribution in [0.25, 0.3) is 0 Å². The quantitative estimate of drug-likeness (QED) is 0.928. The zero-order chi connectivity index (χ0) is 13.8. The fourth-order valence-electron chi connectivity index (χ4n) is 1.89. The van der Waals surface area contributed by atoms with Gasteiger partial charge in [0.05, 0.1) is 11.7 Å². The van der Waals surface area contributed by atoms with Crippen molar-refractivity contribution in [2.45, 2.75) is 12.5 Å². The van der Waals surface area contributed by atoms with Gasteiger partial charge in [-0.3, -0.25) is 4.98 Å². The third kappa shape index (κ3) is 3.36. The van der Waals surface area contributed by atoms with E-state index >= 15 is 0 Å². The van der Waals surface area contributed by atoms with Gasteiger partial charge < -0.3 is 5.32 Å². The highest BCUT2D eigenvalue weighted by Crippen LogP contribution is 2.24. The maximum absolute atomic E-state index is 13.2. The van der Waals surface area contributed by atoms with Crippen LogP contribution in [0.2, 0.25) is 0 Å². The molecule has 1 aromatic heterocycles. The van der Waals surface area contributed by atoms with Gasteiger partial charge in [0, 0.05) is 10.7 Å². The van der Waals surface area contributed by atoms with Gasteiger partial charge in [-0.15, -0.1) is 0 Å². The van der Waals surface area contributed by atoms with Crippen LogP contribution < -0.4 is 5.32 Å². The molecule has 0 aliphatic carbocycles. The van der Waals surface area contributed by atoms with Crippen molar-refractivity contribution < 1.29 is 8.78 Å². The molecular formula is C14H13BrF2N2. The maximum Gasteiger partial charge on any atom is 0.159 e. The minimum Gasteiger partial charge on any atom is -0.311 e. The lowest BCUT2D eigenvalue weighted by atomic mass is 10.0. The molecule has 0 saturated heterocycles. The second kappa shape index (κ2) is 6.21. The lowest BCUT2D eigenvalue weighted by molar-refractivity contribution is 0.504. The number of likely N-dealkylation sites (N-methyl/N-ethyl adjacent to an activating group) is 1. The van der Waals surface area contributed by atoms with Crippen LogP contribution >= 0.6 is 15.9 Å². The number of rotatable bonds is 4. The Kier molecular flexibility index (Phi) is 4.61. The lowest BCUT2D eigenvalue weighted by Crippen LogP contribution is -2.20. The number of benzene rings is 1. The molecule has 0 radical (unpaired) electrons. The standard InChI is InChI=1S/C14H13BrF2N2/c1-18-13(14-10(15)3-2-6-19-14)8-9-4-5-11(16)12(17)7-9/h2-7,13,18H,8H2,1H3. The van der Waals surface area contributed by atoms with Gasteiger partial charge in [-0.2, -0.15) is 0 Å². The van der Waals surface area contributed by atoms with Crippen LogP contribution in [0.3, 0.4) is 0 Å². The highest BCUT2D eigenvalue weighted by Gasteiger charge is 2.15. The highest BCUT2D eigenvalue weighted by atomic mass is 79.9. The molecule has 0 aliphatic heterocycles. The summed E-state index contributed by atoms with van der Waals surface area (Å²) in [7, 11) is 1.81. The molecular weight excluding hydrogens is 314 g/mol. The highest BCUT2D eigenvalue weighted by molar-refractivity contribution is 9.10. The van der Waals surface area contributed by atoms with Crippen LogP contribution in [0, 0.1) is 11.6 Å². The zero-order valence-corrected chi connectivity index (χ0v) is 11.9. The first kappa shape index (κ1) is 14.1. The number of pyridine rings is 1. The summed E-state index contributed by atoms with van der Waals surface area (Å²) in [6.07, 6.45) is 2.24. The van der Waals surface area contributed by atoms with E-state index < -0.39 is 11.6 Å². The molecule has 0 bridgehead atoms. The third-order valence-corrected chi connectivity index (χ3v) is 3.56. The van der Waals surface area contributed by atoms with Crippen LogP contribution in [-0.2, 0) is 6.42 Å². The van der Waals surface area contributed by atoms with Crippen LogP contribution in [0.5, 0.6) is 0 Å². The van der Waals surface area contributed by atoms with Crippen LogP contribution in [0.1, 0.15) is 17.3 Å². The number of nitrogens with one attached hydrogen (secondary N) is 1. The second-order valence-electron chi connectivity index (χ2n) is 4.16. The van der Waals surface area contributed by atoms with E-state index in [9.17, 15) is 8.78 Å². The van der Waals surface area contributed by atoms with E-state index in [-0.39, 0.29) is 6.04 Å². The van der Waals surface area contributed by atoms with E-state index in [1.807, 2.05) is 19.2 Å². The zero-order valence-electron chi connectivity index (χ0n) is 10.3. The van der Waals surface area contributed by atoms with Crippen LogP contribution in [0.4, 0.5) is 8.78 Å². The summed E-state index contributed by atoms with van der Waals surface area (Å²) in [4.78, 5) is 4.31. The Balaban J connectivity index is 2.24. The minimum absolute atomic E-state index is 0.0690. The smallest absolute Gasteiger partial charge is 0.159 e. The molecule has 0 spiro atoms. The first-order chi connectivity index (χ1) is 9.11. The predicted octanol–water partition coefficient (Wildman–Crippen LogP) is 3.63. The summed E-state index contributed by atoms with van der Waals surface area (Å²) in [6, 6.07) is 7.61. The molecule has 1 unspecified atom stereocenters. The van der Waals surface area contributed by atoms with Gasteiger partial charge in [-0.1, -0.05) is 6.07 Å². The molecule has 0 amide bonds. The first-order valence-corrected chi connectivity index (χ1v) is 6.62. The number of hydrogen-bond donors (Lipinski definition) is 1. The van der Waals surface area contributed by atoms with Gasteiger partial charge in [-0.05, 0) is 59.2 Å². The van der Waals surface area contributed by atoms with Crippen molar-refractivity contribution >= 4 is 15.9 Å². The Morgan fingerprint density at radius 2 is 2.05 bits per heavy atom. The Bertz CT molecular complexity index is 575. The van der Waals surface area contributed by atoms with Gasteiger partial charge in [0.15, 0.2) is 11.6 Å². The van der Waals surface area contributed by atoms with Gasteiger partial charge >= 0.3 is 0 Å². The second-order valence-corrected chi connectivity index (χ2v) is 5.02. The molecule has 1 heterocycles. The minimum atomic E-state index is -0.830. The molecule has 0 fully saturated rings. The normalized spacial score (nSPS) is 12.4. The molecule has 2 nitrogen and oxygen atoms in total. The van der Waals surface area contributed by atoms with E-state index in [1.54, 1.807) is 12.3 Å². The molecule has 0 saturated carbocycles. The summed E-state index contributed by atoms with van der Waals surface area (Å²) in [5.74, 6) is -1.66. The average molecular weight is 327 g/mol. The van der Waals surface area contributed by atoms with Crippen LogP contribution in [-0.4, -0.2) is 12.0 Å². The number of hydrogen-bond acceptors (Lipinski definition) is 2. The molecule has 5 heteroatoms. The average Bonchev–Trinajstić information content (AvgIpc) is 2.41. The number of halogens is 3. The van der Waals surface area contributed by atoms with Gasteiger partial charge in [0.2, 0.25) is 0 Å². The Labute approximate surface area is 119 Å². The monoisotopic (exact) mass is 326 g/mol. The topological polar surface area (TPSA) is 24.9 Å². The van der Waals surface area contributed by atoms with Crippen molar-refractivity contribution in [3.8, 4) is 0 Å². The lowest BCUT2D eigenvalue weighted by Gasteiger charge is -2.17. The third-order valence-electron chi connectivity index (χ3n) is 2.89. The van der Waals surface area contributed by atoms with Gasteiger partial charge in [0.25, 0.3) is 0 Å². The van der Waals surface area contributed by atoms with Crippen molar-refractivity contribution in [3.63, 3.8) is 0 Å². The predicted molar refractivity (Wildman–Crippen MR) is 73.8 cm³/mol. The summed E-state index contributed by atoms with van der Waals surface area (Å²) < 4.78 is 27.0. The fourth-order valence-corrected chi connectivity index (χ4v) is 2.42. The van der Waals surface area contributed by atoms with Crippen molar-refractivity contribution in [1.82, 2.24) is 10.3 Å². The van der Waals surface area contributed by atoms with E-state index in [0.717, 1.165) is 21.8 Å². The molecule has 2 rings (SSSR count). The molecule has 100 valence electrons. The molecule has 1 N–H and O–H groups in total. The Morgan fingerprint density at radius 3 is 2.68 bits per heavy atom. The summed E-state index contributed by atoms with van der Waals surface area (Å²) in [6.45, 7) is 0. The summed E-state index contributed by atoms with van der Waals surface area (Å²) >= 11 is 3.44. The Morgan fingerprint density at radius 1 is 1.26 bits per heavy atom. The van der Waals surface area contributed by atoms with E-state index in [1.165, 1.54) is 6.07 Å². The van der Waals surface area contributed by atoms with Crippen molar-refractivity contribution in [2.24, 2.45) is 0 Å². The van der Waals surface area contributed by atoms with Gasteiger partial charge in [-0.25, -0.2) is 8.78 Å². The molecule has 1 atom stereocenters. The van der Waals surface area contributed by atoms with Gasteiger partial charge in [0.1, 0.15) is 0 Å². The van der Waals surface area contributed by atoms with E-state index in [4.69, 9.17) is 0 Å². The van der Waals surface area contributed by atoms with Crippen molar-refractivity contribution in [1.29, 1.82) is 0 Å². The summed E-state index contributed by atoms with van der Waals surface area (Å²) in [5.41, 5.74) is 1.56. The Hall–Kier alpha value is -1.33. The molecule has 1 aromatic carbocycles. The van der Waals surface area contributed by atoms with E-state index in [2.05, 4.69) is 26.2 Å². The first-order valence-electron chi connectivity index (χ1n) is 5.83. The molecule has 19 heavy (non-hydrogen) atoms. The maximum atomic E-state index is 13.2. The largest absolute Gasteiger partial charge is 0.311 e. The van der Waals surface area contributed by atoms with E-state index in [0.29, 0.717) is 6.42 Å². The fraction of sp³-hybridized carbons (Fsp3) is 0.214. The van der Waals surface area contributed by atoms with Crippen LogP contribution in [0.15, 0.2) is 41.0 Å².